The fraction of sp³-hybridized carbons (Fsp3) is 0.0909. The number of esters is 1. The Labute approximate surface area is 170 Å². The molecule has 1 aromatic heterocycles. The Bertz CT molecular complexity index is 1100. The molecular formula is C22H16BrNO4. The maximum Gasteiger partial charge on any atom is 0.338 e. The SMILES string of the molecule is CCOC(=O)c1ccc(-c2ccc(/C=C3\C(=O)Nc4ccc(Br)cc43)o2)cc1. The van der Waals surface area contributed by atoms with Crippen molar-refractivity contribution < 1.29 is 18.7 Å². The van der Waals surface area contributed by atoms with Crippen LogP contribution in [0.3, 0.4) is 0 Å². The Hall–Kier alpha value is -3.12. The predicted octanol–water partition coefficient (Wildman–Crippen LogP) is 5.38. The van der Waals surface area contributed by atoms with E-state index in [4.69, 9.17) is 9.15 Å². The number of halogens is 1. The normalized spacial score (nSPS) is 14.1. The van der Waals surface area contributed by atoms with E-state index in [9.17, 15) is 9.59 Å². The van der Waals surface area contributed by atoms with Gasteiger partial charge in [0.25, 0.3) is 5.91 Å². The van der Waals surface area contributed by atoms with Crippen molar-refractivity contribution in [3.63, 3.8) is 0 Å². The molecule has 140 valence electrons. The molecule has 4 rings (SSSR count). The van der Waals surface area contributed by atoms with E-state index in [1.54, 1.807) is 37.3 Å². The first-order valence-electron chi connectivity index (χ1n) is 8.75. The van der Waals surface area contributed by atoms with Gasteiger partial charge in [0, 0.05) is 21.3 Å². The average Bonchev–Trinajstić information content (AvgIpc) is 3.28. The molecule has 0 unspecified atom stereocenters. The third kappa shape index (κ3) is 3.51. The van der Waals surface area contributed by atoms with Crippen LogP contribution in [0.5, 0.6) is 0 Å². The summed E-state index contributed by atoms with van der Waals surface area (Å²) in [6, 6.07) is 16.3. The smallest absolute Gasteiger partial charge is 0.338 e. The van der Waals surface area contributed by atoms with Gasteiger partial charge in [0.1, 0.15) is 11.5 Å². The quantitative estimate of drug-likeness (QED) is 0.439. The average molecular weight is 438 g/mol. The molecule has 0 radical (unpaired) electrons. The predicted molar refractivity (Wildman–Crippen MR) is 111 cm³/mol. The molecule has 0 spiro atoms. The molecule has 6 heteroatoms. The molecule has 0 aliphatic carbocycles. The lowest BCUT2D eigenvalue weighted by Crippen LogP contribution is -2.03. The highest BCUT2D eigenvalue weighted by atomic mass is 79.9. The largest absolute Gasteiger partial charge is 0.462 e. The van der Waals surface area contributed by atoms with Crippen molar-refractivity contribution >= 4 is 45.1 Å². The lowest BCUT2D eigenvalue weighted by atomic mass is 10.1. The highest BCUT2D eigenvalue weighted by Crippen LogP contribution is 2.35. The molecule has 1 aliphatic heterocycles. The topological polar surface area (TPSA) is 68.5 Å². The second-order valence-corrected chi connectivity index (χ2v) is 7.12. The zero-order valence-electron chi connectivity index (χ0n) is 15.0. The first-order valence-corrected chi connectivity index (χ1v) is 9.55. The summed E-state index contributed by atoms with van der Waals surface area (Å²) < 4.78 is 11.8. The highest BCUT2D eigenvalue weighted by molar-refractivity contribution is 9.10. The van der Waals surface area contributed by atoms with E-state index < -0.39 is 0 Å². The van der Waals surface area contributed by atoms with E-state index in [1.807, 2.05) is 30.3 Å². The van der Waals surface area contributed by atoms with Gasteiger partial charge in [-0.1, -0.05) is 28.1 Å². The van der Waals surface area contributed by atoms with Crippen LogP contribution in [0.2, 0.25) is 0 Å². The van der Waals surface area contributed by atoms with Crippen LogP contribution in [0, 0.1) is 0 Å². The molecule has 28 heavy (non-hydrogen) atoms. The third-order valence-corrected chi connectivity index (χ3v) is 4.85. The molecule has 0 saturated carbocycles. The zero-order chi connectivity index (χ0) is 19.7. The summed E-state index contributed by atoms with van der Waals surface area (Å²) >= 11 is 3.44. The van der Waals surface area contributed by atoms with Crippen molar-refractivity contribution in [2.75, 3.05) is 11.9 Å². The van der Waals surface area contributed by atoms with Gasteiger partial charge >= 0.3 is 5.97 Å². The zero-order valence-corrected chi connectivity index (χ0v) is 16.6. The molecule has 1 N–H and O–H groups in total. The molecular weight excluding hydrogens is 422 g/mol. The lowest BCUT2D eigenvalue weighted by Gasteiger charge is -2.02. The molecule has 0 saturated heterocycles. The van der Waals surface area contributed by atoms with Gasteiger partial charge in [0.15, 0.2) is 0 Å². The third-order valence-electron chi connectivity index (χ3n) is 4.36. The van der Waals surface area contributed by atoms with E-state index in [0.717, 1.165) is 21.3 Å². The summed E-state index contributed by atoms with van der Waals surface area (Å²) in [6.45, 7) is 2.11. The maximum absolute atomic E-state index is 12.3. The molecule has 2 aromatic carbocycles. The molecule has 0 atom stereocenters. The Morgan fingerprint density at radius 2 is 1.93 bits per heavy atom. The van der Waals surface area contributed by atoms with Crippen LogP contribution < -0.4 is 5.32 Å². The van der Waals surface area contributed by atoms with Gasteiger partial charge in [-0.25, -0.2) is 4.79 Å². The number of anilines is 1. The number of ether oxygens (including phenoxy) is 1. The molecule has 5 nitrogen and oxygen atoms in total. The summed E-state index contributed by atoms with van der Waals surface area (Å²) in [5.74, 6) is 0.707. The van der Waals surface area contributed by atoms with E-state index >= 15 is 0 Å². The highest BCUT2D eigenvalue weighted by Gasteiger charge is 2.24. The molecule has 0 fully saturated rings. The number of hydrogen-bond acceptors (Lipinski definition) is 4. The summed E-state index contributed by atoms with van der Waals surface area (Å²) in [4.78, 5) is 24.0. The van der Waals surface area contributed by atoms with Gasteiger partial charge in [-0.2, -0.15) is 0 Å². The van der Waals surface area contributed by atoms with Crippen molar-refractivity contribution in [3.8, 4) is 11.3 Å². The van der Waals surface area contributed by atoms with Crippen molar-refractivity contribution in [2.24, 2.45) is 0 Å². The van der Waals surface area contributed by atoms with Crippen molar-refractivity contribution in [1.82, 2.24) is 0 Å². The number of furan rings is 1. The van der Waals surface area contributed by atoms with Crippen LogP contribution >= 0.6 is 15.9 Å². The van der Waals surface area contributed by atoms with Crippen LogP contribution in [0.1, 0.15) is 28.6 Å². The Kier molecular flexibility index (Phi) is 4.88. The standard InChI is InChI=1S/C22H16BrNO4/c1-2-27-22(26)14-5-3-13(4-6-14)20-10-8-16(28-20)12-18-17-11-15(23)7-9-19(17)24-21(18)25/h3-12H,2H2,1H3,(H,24,25)/b18-12-. The van der Waals surface area contributed by atoms with Crippen LogP contribution in [0.15, 0.2) is 63.5 Å². The van der Waals surface area contributed by atoms with Crippen LogP contribution in [-0.4, -0.2) is 18.5 Å². The van der Waals surface area contributed by atoms with Gasteiger partial charge in [-0.15, -0.1) is 0 Å². The monoisotopic (exact) mass is 437 g/mol. The van der Waals surface area contributed by atoms with Gasteiger partial charge in [-0.3, -0.25) is 4.79 Å². The fourth-order valence-electron chi connectivity index (χ4n) is 3.02. The number of carbonyl (C=O) groups is 2. The first-order chi connectivity index (χ1) is 13.5. The minimum Gasteiger partial charge on any atom is -0.462 e. The lowest BCUT2D eigenvalue weighted by molar-refractivity contribution is -0.110. The van der Waals surface area contributed by atoms with Crippen molar-refractivity contribution in [3.05, 3.63) is 76.0 Å². The Morgan fingerprint density at radius 1 is 1.14 bits per heavy atom. The minimum absolute atomic E-state index is 0.162. The number of benzene rings is 2. The summed E-state index contributed by atoms with van der Waals surface area (Å²) in [7, 11) is 0. The van der Waals surface area contributed by atoms with Crippen molar-refractivity contribution in [1.29, 1.82) is 0 Å². The second-order valence-electron chi connectivity index (χ2n) is 6.20. The fourth-order valence-corrected chi connectivity index (χ4v) is 3.38. The van der Waals surface area contributed by atoms with Crippen LogP contribution in [-0.2, 0) is 9.53 Å². The number of amides is 1. The van der Waals surface area contributed by atoms with Gasteiger partial charge in [0.2, 0.25) is 0 Å². The molecule has 1 aliphatic rings. The van der Waals surface area contributed by atoms with Crippen molar-refractivity contribution in [2.45, 2.75) is 6.92 Å². The Balaban J connectivity index is 1.60. The van der Waals surface area contributed by atoms with E-state index in [2.05, 4.69) is 21.2 Å². The van der Waals surface area contributed by atoms with Gasteiger partial charge < -0.3 is 14.5 Å². The van der Waals surface area contributed by atoms with Crippen LogP contribution in [0.25, 0.3) is 23.0 Å². The second kappa shape index (κ2) is 7.48. The Morgan fingerprint density at radius 3 is 2.68 bits per heavy atom. The number of nitrogens with one attached hydrogen (secondary N) is 1. The van der Waals surface area contributed by atoms with Crippen LogP contribution in [0.4, 0.5) is 5.69 Å². The summed E-state index contributed by atoms with van der Waals surface area (Å²) in [5.41, 5.74) is 3.48. The molecule has 3 aromatic rings. The molecule has 1 amide bonds. The number of fused-ring (bicyclic) bond motifs is 1. The molecule has 2 heterocycles. The summed E-state index contributed by atoms with van der Waals surface area (Å²) in [6.07, 6.45) is 1.73. The van der Waals surface area contributed by atoms with E-state index in [1.165, 1.54) is 0 Å². The van der Waals surface area contributed by atoms with E-state index in [0.29, 0.717) is 29.3 Å². The first kappa shape index (κ1) is 18.3. The van der Waals surface area contributed by atoms with Gasteiger partial charge in [-0.05, 0) is 55.5 Å². The molecule has 0 bridgehead atoms. The number of rotatable bonds is 4. The van der Waals surface area contributed by atoms with E-state index in [-0.39, 0.29) is 11.9 Å². The maximum atomic E-state index is 12.3. The minimum atomic E-state index is -0.351. The number of carbonyl (C=O) groups excluding carboxylic acids is 2. The van der Waals surface area contributed by atoms with Gasteiger partial charge in [0.05, 0.1) is 17.7 Å². The number of hydrogen-bond donors (Lipinski definition) is 1. The summed E-state index contributed by atoms with van der Waals surface area (Å²) in [5, 5.41) is 2.85.